The van der Waals surface area contributed by atoms with Gasteiger partial charge in [0.05, 0.1) is 29.2 Å². The Balaban J connectivity index is 1.29. The third kappa shape index (κ3) is 6.09. The fraction of sp³-hybridized carbons (Fsp3) is 0.500. The van der Waals surface area contributed by atoms with E-state index in [2.05, 4.69) is 42.5 Å². The van der Waals surface area contributed by atoms with Crippen LogP contribution >= 0.6 is 11.3 Å². The number of aromatic nitrogens is 3. The Labute approximate surface area is 260 Å². The number of carboxylic acid groups (broad SMARTS) is 1. The molecule has 2 fully saturated rings. The molecule has 2 atom stereocenters. The lowest BCUT2D eigenvalue weighted by Crippen LogP contribution is -2.71. The highest BCUT2D eigenvalue weighted by Gasteiger charge is 2.49. The number of aliphatic carboxylic acids is 1. The van der Waals surface area contributed by atoms with Crippen LogP contribution in [0, 0.1) is 0 Å². The summed E-state index contributed by atoms with van der Waals surface area (Å²) >= 11 is 1.13. The Bertz CT molecular complexity index is 1590. The summed E-state index contributed by atoms with van der Waals surface area (Å²) in [6.07, 6.45) is 4.63. The molecule has 3 aromatic rings. The average Bonchev–Trinajstić information content (AvgIpc) is 3.56. The van der Waals surface area contributed by atoms with E-state index in [9.17, 15) is 14.7 Å². The minimum absolute atomic E-state index is 0.174. The number of likely N-dealkylation sites (N-methyl/N-ethyl adjacent to an activating group) is 1. The molecule has 14 heteroatoms. The standard InChI is InChI=1S/C30H40N8O5S/c1-6-37-17(2)26(30(37,3)4)34-27(39)25(22-16-44-29(32)33-22)35-43-24(28(40)41)15-42-21-11-12-23-18(13-21)14-38(36(23)5)20-9-7-19(31)8-10-20/h11-14,16,19-20,24,26H,2,6-10,15,31H2,1,3-5H3,(H3-,32,33,34,39,40,41)/p+1/b35-25-/t19-,20-,24-,26+/m0/s1. The summed E-state index contributed by atoms with van der Waals surface area (Å²) in [5, 5.41) is 19.5. The Hall–Kier alpha value is -4.17. The Kier molecular flexibility index (Phi) is 8.84. The molecule has 5 rings (SSSR count). The number of likely N-dealkylation sites (tertiary alicyclic amines) is 1. The zero-order chi connectivity index (χ0) is 31.8. The largest absolute Gasteiger partial charge is 0.489 e. The smallest absolute Gasteiger partial charge is 0.351 e. The average molecular weight is 626 g/mol. The molecule has 6 N–H and O–H groups in total. The number of thiazole rings is 1. The van der Waals surface area contributed by atoms with Crippen molar-refractivity contribution in [2.24, 2.45) is 17.9 Å². The van der Waals surface area contributed by atoms with Crippen molar-refractivity contribution in [3.05, 3.63) is 47.7 Å². The molecule has 2 aromatic heterocycles. The van der Waals surface area contributed by atoms with Crippen molar-refractivity contribution in [1.29, 1.82) is 0 Å². The number of hydrogen-bond acceptors (Lipinski definition) is 10. The van der Waals surface area contributed by atoms with Crippen molar-refractivity contribution in [2.45, 2.75) is 76.2 Å². The number of amides is 1. The molecule has 44 heavy (non-hydrogen) atoms. The van der Waals surface area contributed by atoms with Gasteiger partial charge in [0.25, 0.3) is 12.0 Å². The number of benzene rings is 1. The molecule has 13 nitrogen and oxygen atoms in total. The van der Waals surface area contributed by atoms with E-state index in [0.29, 0.717) is 11.8 Å². The van der Waals surface area contributed by atoms with Crippen molar-refractivity contribution in [3.8, 4) is 5.75 Å². The first-order chi connectivity index (χ1) is 20.9. The molecule has 236 valence electrons. The number of carbonyl (C=O) groups excluding carboxylic acids is 1. The summed E-state index contributed by atoms with van der Waals surface area (Å²) in [4.78, 5) is 37.1. The Morgan fingerprint density at radius 2 is 2.05 bits per heavy atom. The molecule has 1 amide bonds. The number of nitrogens with one attached hydrogen (secondary N) is 1. The maximum atomic E-state index is 13.4. The van der Waals surface area contributed by atoms with Crippen molar-refractivity contribution < 1.29 is 29.0 Å². The van der Waals surface area contributed by atoms with E-state index in [1.807, 2.05) is 40.0 Å². The highest BCUT2D eigenvalue weighted by atomic mass is 32.1. The van der Waals surface area contributed by atoms with Crippen molar-refractivity contribution in [1.82, 2.24) is 19.9 Å². The molecule has 0 bridgehead atoms. The zero-order valence-corrected chi connectivity index (χ0v) is 26.3. The van der Waals surface area contributed by atoms with Crippen LogP contribution < -0.4 is 26.2 Å². The van der Waals surface area contributed by atoms with Gasteiger partial charge in [-0.1, -0.05) is 11.7 Å². The molecule has 1 saturated carbocycles. The molecular formula is C30H41N8O5S+. The molecule has 2 aliphatic rings. The van der Waals surface area contributed by atoms with E-state index in [1.165, 1.54) is 0 Å². The second-order valence-corrected chi connectivity index (χ2v) is 12.8. The molecule has 0 radical (unpaired) electrons. The van der Waals surface area contributed by atoms with Crippen molar-refractivity contribution in [2.75, 3.05) is 18.9 Å². The number of aryl methyl sites for hydroxylation is 1. The first kappa shape index (κ1) is 31.3. The van der Waals surface area contributed by atoms with E-state index >= 15 is 0 Å². The van der Waals surface area contributed by atoms with Gasteiger partial charge in [-0.05, 0) is 58.6 Å². The second kappa shape index (κ2) is 12.4. The quantitative estimate of drug-likeness (QED) is 0.142. The summed E-state index contributed by atoms with van der Waals surface area (Å²) in [6.45, 7) is 10.5. The van der Waals surface area contributed by atoms with Crippen LogP contribution in [0.4, 0.5) is 5.13 Å². The summed E-state index contributed by atoms with van der Waals surface area (Å²) in [7, 11) is 2.02. The summed E-state index contributed by atoms with van der Waals surface area (Å²) in [6, 6.07) is 5.88. The molecular weight excluding hydrogens is 584 g/mol. The van der Waals surface area contributed by atoms with Crippen LogP contribution in [-0.4, -0.2) is 74.1 Å². The van der Waals surface area contributed by atoms with E-state index < -0.39 is 18.0 Å². The highest BCUT2D eigenvalue weighted by molar-refractivity contribution is 7.13. The first-order valence-corrected chi connectivity index (χ1v) is 15.6. The van der Waals surface area contributed by atoms with Gasteiger partial charge in [-0.2, -0.15) is 4.68 Å². The number of carbonyl (C=O) groups is 2. The van der Waals surface area contributed by atoms with Gasteiger partial charge in [0.2, 0.25) is 5.52 Å². The van der Waals surface area contributed by atoms with Crippen molar-refractivity contribution >= 4 is 45.0 Å². The maximum Gasteiger partial charge on any atom is 0.351 e. The van der Waals surface area contributed by atoms with Crippen LogP contribution in [0.5, 0.6) is 5.75 Å². The van der Waals surface area contributed by atoms with Gasteiger partial charge in [-0.25, -0.2) is 9.78 Å². The van der Waals surface area contributed by atoms with E-state index in [0.717, 1.165) is 60.2 Å². The van der Waals surface area contributed by atoms with Gasteiger partial charge >= 0.3 is 5.97 Å². The minimum atomic E-state index is -1.50. The van der Waals surface area contributed by atoms with Gasteiger partial charge in [-0.15, -0.1) is 16.0 Å². The summed E-state index contributed by atoms with van der Waals surface area (Å²) in [5.41, 5.74) is 13.3. The number of nitrogen functional groups attached to an aromatic ring is 1. The Morgan fingerprint density at radius 1 is 1.32 bits per heavy atom. The number of fused-ring (bicyclic) bond motifs is 1. The van der Waals surface area contributed by atoms with E-state index in [1.54, 1.807) is 11.4 Å². The van der Waals surface area contributed by atoms with E-state index in [-0.39, 0.29) is 40.8 Å². The van der Waals surface area contributed by atoms with Gasteiger partial charge in [0, 0.05) is 29.7 Å². The fourth-order valence-electron chi connectivity index (χ4n) is 6.22. The number of ether oxygens (including phenoxy) is 1. The van der Waals surface area contributed by atoms with E-state index in [4.69, 9.17) is 21.0 Å². The zero-order valence-electron chi connectivity index (χ0n) is 25.5. The predicted molar refractivity (Wildman–Crippen MR) is 167 cm³/mol. The van der Waals surface area contributed by atoms with Gasteiger partial charge in [0.15, 0.2) is 17.9 Å². The fourth-order valence-corrected chi connectivity index (χ4v) is 6.77. The third-order valence-electron chi connectivity index (χ3n) is 8.68. The summed E-state index contributed by atoms with van der Waals surface area (Å²) < 4.78 is 10.2. The molecule has 1 aromatic carbocycles. The second-order valence-electron chi connectivity index (χ2n) is 11.9. The molecule has 1 saturated heterocycles. The van der Waals surface area contributed by atoms with Crippen LogP contribution in [0.15, 0.2) is 47.2 Å². The normalized spacial score (nSPS) is 22.4. The van der Waals surface area contributed by atoms with Crippen molar-refractivity contribution in [3.63, 3.8) is 0 Å². The Morgan fingerprint density at radius 3 is 2.66 bits per heavy atom. The lowest BCUT2D eigenvalue weighted by Gasteiger charge is -2.57. The number of anilines is 1. The van der Waals surface area contributed by atoms with Crippen LogP contribution in [0.1, 0.15) is 58.2 Å². The molecule has 1 aliphatic carbocycles. The monoisotopic (exact) mass is 625 g/mol. The first-order valence-electron chi connectivity index (χ1n) is 14.7. The SMILES string of the molecule is C=C1[C@@H](NC(=O)/C(=N\O[C@@H](COc2ccc3c(c2)cn([C@H]2CC[C@H](N)CC2)[n+]3C)C(=O)O)c2csc(N)n2)C(C)(C)N1CC. The highest BCUT2D eigenvalue weighted by Crippen LogP contribution is 2.38. The number of oxime groups is 1. The topological polar surface area (TPSA) is 174 Å². The molecule has 1 aliphatic heterocycles. The van der Waals surface area contributed by atoms with Gasteiger partial charge in [0.1, 0.15) is 18.1 Å². The lowest BCUT2D eigenvalue weighted by atomic mass is 9.80. The molecule has 0 unspecified atom stereocenters. The van der Waals surface area contributed by atoms with Crippen LogP contribution in [0.25, 0.3) is 10.9 Å². The number of hydrogen-bond donors (Lipinski definition) is 4. The van der Waals surface area contributed by atoms with Crippen LogP contribution in [-0.2, 0) is 21.5 Å². The van der Waals surface area contributed by atoms with Gasteiger partial charge in [-0.3, -0.25) is 4.79 Å². The molecule has 0 spiro atoms. The lowest BCUT2D eigenvalue weighted by molar-refractivity contribution is -0.733. The minimum Gasteiger partial charge on any atom is -0.489 e. The number of carboxylic acids is 1. The van der Waals surface area contributed by atoms with Crippen LogP contribution in [0.3, 0.4) is 0 Å². The summed E-state index contributed by atoms with van der Waals surface area (Å²) in [5.74, 6) is -1.40. The number of nitrogens with zero attached hydrogens (tertiary/aromatic N) is 5. The van der Waals surface area contributed by atoms with Gasteiger partial charge < -0.3 is 36.4 Å². The predicted octanol–water partition coefficient (Wildman–Crippen LogP) is 2.31. The maximum absolute atomic E-state index is 13.4. The van der Waals surface area contributed by atoms with Crippen LogP contribution in [0.2, 0.25) is 0 Å². The number of nitrogens with two attached hydrogens (primary N) is 2. The number of rotatable bonds is 11. The third-order valence-corrected chi connectivity index (χ3v) is 9.36. The molecule has 3 heterocycles.